The molecule has 0 bridgehead atoms. The van der Waals surface area contributed by atoms with E-state index in [-0.39, 0.29) is 10.7 Å². The van der Waals surface area contributed by atoms with Gasteiger partial charge in [-0.2, -0.15) is 5.10 Å². The lowest BCUT2D eigenvalue weighted by atomic mass is 10.1. The van der Waals surface area contributed by atoms with E-state index in [2.05, 4.69) is 14.9 Å². The molecule has 0 spiro atoms. The summed E-state index contributed by atoms with van der Waals surface area (Å²) in [5.74, 6) is 0.265. The predicted molar refractivity (Wildman–Crippen MR) is 90.7 cm³/mol. The fourth-order valence-corrected chi connectivity index (χ4v) is 3.16. The molecule has 1 heterocycles. The summed E-state index contributed by atoms with van der Waals surface area (Å²) in [5, 5.41) is 6.88. The lowest BCUT2D eigenvalue weighted by Gasteiger charge is -2.05. The predicted octanol–water partition coefficient (Wildman–Crippen LogP) is 3.49. The Morgan fingerprint density at radius 3 is 2.09 bits per heavy atom. The van der Waals surface area contributed by atoms with Crippen molar-refractivity contribution in [1.29, 1.82) is 0 Å². The third-order valence-electron chi connectivity index (χ3n) is 3.51. The molecule has 1 aromatic heterocycles. The van der Waals surface area contributed by atoms with Gasteiger partial charge in [-0.1, -0.05) is 47.5 Å². The summed E-state index contributed by atoms with van der Waals surface area (Å²) in [6.07, 6.45) is 0. The first-order valence-corrected chi connectivity index (χ1v) is 8.64. The third kappa shape index (κ3) is 3.43. The first-order valence-electron chi connectivity index (χ1n) is 7.16. The molecular weight excluding hydrogens is 310 g/mol. The van der Waals surface area contributed by atoms with Gasteiger partial charge in [-0.25, -0.2) is 8.42 Å². The zero-order valence-corrected chi connectivity index (χ0v) is 13.7. The highest BCUT2D eigenvalue weighted by Gasteiger charge is 2.15. The highest BCUT2D eigenvalue weighted by Crippen LogP contribution is 2.22. The number of hydrogen-bond donors (Lipinski definition) is 2. The SMILES string of the molecule is Cc1ccc(-c2cc(NS(=O)(=O)c3ccc(C)cc3)n[nH]2)cc1. The van der Waals surface area contributed by atoms with E-state index in [9.17, 15) is 8.42 Å². The quantitative estimate of drug-likeness (QED) is 0.770. The number of aromatic nitrogens is 2. The summed E-state index contributed by atoms with van der Waals surface area (Å²) in [6, 6.07) is 16.3. The first-order chi connectivity index (χ1) is 10.9. The molecule has 0 fully saturated rings. The molecule has 0 radical (unpaired) electrons. The maximum atomic E-state index is 12.3. The maximum Gasteiger partial charge on any atom is 0.263 e. The maximum absolute atomic E-state index is 12.3. The molecule has 2 N–H and O–H groups in total. The summed E-state index contributed by atoms with van der Waals surface area (Å²) in [4.78, 5) is 0.211. The van der Waals surface area contributed by atoms with E-state index >= 15 is 0 Å². The van der Waals surface area contributed by atoms with Gasteiger partial charge < -0.3 is 0 Å². The van der Waals surface area contributed by atoms with Gasteiger partial charge in [0.15, 0.2) is 5.82 Å². The second-order valence-electron chi connectivity index (χ2n) is 5.45. The van der Waals surface area contributed by atoms with Crippen LogP contribution in [0.1, 0.15) is 11.1 Å². The second-order valence-corrected chi connectivity index (χ2v) is 7.13. The summed E-state index contributed by atoms with van der Waals surface area (Å²) < 4.78 is 27.2. The number of H-pyrrole nitrogens is 1. The van der Waals surface area contributed by atoms with Crippen molar-refractivity contribution in [2.24, 2.45) is 0 Å². The Balaban J connectivity index is 1.83. The first kappa shape index (κ1) is 15.3. The number of sulfonamides is 1. The van der Waals surface area contributed by atoms with E-state index in [0.717, 1.165) is 22.4 Å². The summed E-state index contributed by atoms with van der Waals surface area (Å²) in [7, 11) is -3.64. The van der Waals surface area contributed by atoms with Crippen molar-refractivity contribution in [2.45, 2.75) is 18.7 Å². The number of hydrogen-bond acceptors (Lipinski definition) is 3. The van der Waals surface area contributed by atoms with Crippen LogP contribution in [0.15, 0.2) is 59.5 Å². The van der Waals surface area contributed by atoms with E-state index in [1.807, 2.05) is 38.1 Å². The Labute approximate surface area is 135 Å². The van der Waals surface area contributed by atoms with Gasteiger partial charge in [0.05, 0.1) is 10.6 Å². The van der Waals surface area contributed by atoms with Crippen LogP contribution in [0.2, 0.25) is 0 Å². The minimum Gasteiger partial charge on any atom is -0.276 e. The third-order valence-corrected chi connectivity index (χ3v) is 4.88. The van der Waals surface area contributed by atoms with Crippen molar-refractivity contribution in [2.75, 3.05) is 4.72 Å². The van der Waals surface area contributed by atoms with Crippen LogP contribution in [0.3, 0.4) is 0 Å². The van der Waals surface area contributed by atoms with Crippen LogP contribution in [0.25, 0.3) is 11.3 Å². The number of nitrogens with one attached hydrogen (secondary N) is 2. The van der Waals surface area contributed by atoms with Gasteiger partial charge in [-0.3, -0.25) is 9.82 Å². The molecule has 5 nitrogen and oxygen atoms in total. The molecule has 23 heavy (non-hydrogen) atoms. The van der Waals surface area contributed by atoms with Crippen LogP contribution >= 0.6 is 0 Å². The van der Waals surface area contributed by atoms with Gasteiger partial charge in [-0.05, 0) is 31.5 Å². The number of rotatable bonds is 4. The molecule has 0 saturated carbocycles. The lowest BCUT2D eigenvalue weighted by molar-refractivity contribution is 0.601. The van der Waals surface area contributed by atoms with E-state index in [4.69, 9.17) is 0 Å². The van der Waals surface area contributed by atoms with Crippen molar-refractivity contribution in [3.8, 4) is 11.3 Å². The smallest absolute Gasteiger partial charge is 0.263 e. The molecule has 6 heteroatoms. The van der Waals surface area contributed by atoms with Crippen LogP contribution < -0.4 is 4.72 Å². The van der Waals surface area contributed by atoms with Crippen LogP contribution in [0.4, 0.5) is 5.82 Å². The number of aryl methyl sites for hydroxylation is 2. The minimum atomic E-state index is -3.64. The Morgan fingerprint density at radius 1 is 0.913 bits per heavy atom. The van der Waals surface area contributed by atoms with E-state index in [1.54, 1.807) is 30.3 Å². The Kier molecular flexibility index (Phi) is 3.92. The van der Waals surface area contributed by atoms with Gasteiger partial charge in [-0.15, -0.1) is 0 Å². The van der Waals surface area contributed by atoms with Gasteiger partial charge in [0.25, 0.3) is 10.0 Å². The van der Waals surface area contributed by atoms with Gasteiger partial charge >= 0.3 is 0 Å². The monoisotopic (exact) mass is 327 g/mol. The van der Waals surface area contributed by atoms with E-state index < -0.39 is 10.0 Å². The van der Waals surface area contributed by atoms with Crippen LogP contribution in [0, 0.1) is 13.8 Å². The molecule has 0 aliphatic carbocycles. The van der Waals surface area contributed by atoms with Gasteiger partial charge in [0.2, 0.25) is 0 Å². The fourth-order valence-electron chi connectivity index (χ4n) is 2.17. The molecule has 3 rings (SSSR count). The molecule has 0 aliphatic rings. The molecular formula is C17H17N3O2S. The second kappa shape index (κ2) is 5.89. The molecule has 0 saturated heterocycles. The Morgan fingerprint density at radius 2 is 1.48 bits per heavy atom. The summed E-state index contributed by atoms with van der Waals surface area (Å²) in [6.45, 7) is 3.92. The topological polar surface area (TPSA) is 74.8 Å². The van der Waals surface area contributed by atoms with Crippen molar-refractivity contribution < 1.29 is 8.42 Å². The molecule has 2 aromatic carbocycles. The van der Waals surface area contributed by atoms with E-state index in [0.29, 0.717) is 0 Å². The highest BCUT2D eigenvalue weighted by atomic mass is 32.2. The number of anilines is 1. The van der Waals surface area contributed by atoms with Gasteiger partial charge in [0, 0.05) is 6.07 Å². The van der Waals surface area contributed by atoms with Crippen LogP contribution in [-0.2, 0) is 10.0 Å². The average molecular weight is 327 g/mol. The number of aromatic amines is 1. The molecule has 0 atom stereocenters. The Bertz CT molecular complexity index is 911. The average Bonchev–Trinajstić information content (AvgIpc) is 2.96. The normalized spacial score (nSPS) is 11.4. The van der Waals surface area contributed by atoms with E-state index in [1.165, 1.54) is 0 Å². The zero-order valence-electron chi connectivity index (χ0n) is 12.9. The molecule has 0 unspecified atom stereocenters. The summed E-state index contributed by atoms with van der Waals surface area (Å²) in [5.41, 5.74) is 3.87. The zero-order chi connectivity index (χ0) is 16.4. The lowest BCUT2D eigenvalue weighted by Crippen LogP contribution is -2.13. The minimum absolute atomic E-state index is 0.211. The summed E-state index contributed by atoms with van der Waals surface area (Å²) >= 11 is 0. The largest absolute Gasteiger partial charge is 0.276 e. The molecule has 118 valence electrons. The molecule has 0 amide bonds. The van der Waals surface area contributed by atoms with Crippen molar-refractivity contribution in [3.63, 3.8) is 0 Å². The van der Waals surface area contributed by atoms with Crippen LogP contribution in [0.5, 0.6) is 0 Å². The Hall–Kier alpha value is -2.60. The van der Waals surface area contributed by atoms with Crippen LogP contribution in [-0.4, -0.2) is 18.6 Å². The van der Waals surface area contributed by atoms with Crippen molar-refractivity contribution in [3.05, 3.63) is 65.7 Å². The standard InChI is InChI=1S/C17H17N3O2S/c1-12-3-7-14(8-4-12)16-11-17(19-18-16)20-23(21,22)15-9-5-13(2)6-10-15/h3-11H,1-2H3,(H2,18,19,20). The number of benzene rings is 2. The van der Waals surface area contributed by atoms with Crippen molar-refractivity contribution in [1.82, 2.24) is 10.2 Å². The molecule has 0 aliphatic heterocycles. The van der Waals surface area contributed by atoms with Gasteiger partial charge in [0.1, 0.15) is 0 Å². The van der Waals surface area contributed by atoms with Crippen molar-refractivity contribution >= 4 is 15.8 Å². The highest BCUT2D eigenvalue weighted by molar-refractivity contribution is 7.92. The number of nitrogens with zero attached hydrogens (tertiary/aromatic N) is 1. The molecule has 3 aromatic rings. The fraction of sp³-hybridized carbons (Fsp3) is 0.118.